The minimum atomic E-state index is 0.135. The fraction of sp³-hybridized carbons (Fsp3) is 0.619. The van der Waals surface area contributed by atoms with Crippen LogP contribution in [0.2, 0.25) is 0 Å². The molecule has 2 amide bonds. The van der Waals surface area contributed by atoms with Crippen molar-refractivity contribution in [2.45, 2.75) is 51.9 Å². The largest absolute Gasteiger partial charge is 0.341 e. The predicted octanol–water partition coefficient (Wildman–Crippen LogP) is 3.18. The van der Waals surface area contributed by atoms with Crippen LogP contribution in [0.25, 0.3) is 0 Å². The lowest BCUT2D eigenvalue weighted by molar-refractivity contribution is -0.142. The van der Waals surface area contributed by atoms with E-state index >= 15 is 0 Å². The summed E-state index contributed by atoms with van der Waals surface area (Å²) in [5.41, 5.74) is 2.78. The van der Waals surface area contributed by atoms with Crippen molar-refractivity contribution in [3.8, 4) is 0 Å². The topological polar surface area (TPSA) is 40.6 Å². The molecule has 2 aliphatic heterocycles. The molecule has 0 aliphatic carbocycles. The third-order valence-electron chi connectivity index (χ3n) is 5.70. The maximum absolute atomic E-state index is 12.6. The van der Waals surface area contributed by atoms with Gasteiger partial charge in [-0.05, 0) is 62.5 Å². The first-order valence-corrected chi connectivity index (χ1v) is 9.73. The number of aryl methyl sites for hydroxylation is 2. The lowest BCUT2D eigenvalue weighted by atomic mass is 9.90. The van der Waals surface area contributed by atoms with Crippen molar-refractivity contribution < 1.29 is 9.59 Å². The Labute approximate surface area is 151 Å². The molecule has 0 spiro atoms. The maximum atomic E-state index is 12.6. The van der Waals surface area contributed by atoms with E-state index < -0.39 is 0 Å². The van der Waals surface area contributed by atoms with Crippen LogP contribution in [-0.2, 0) is 16.0 Å². The molecule has 25 heavy (non-hydrogen) atoms. The van der Waals surface area contributed by atoms with Gasteiger partial charge in [-0.3, -0.25) is 9.59 Å². The van der Waals surface area contributed by atoms with Gasteiger partial charge >= 0.3 is 0 Å². The summed E-state index contributed by atoms with van der Waals surface area (Å²) in [5.74, 6) is 0.859. The highest BCUT2D eigenvalue weighted by atomic mass is 16.2. The first kappa shape index (κ1) is 18.0. The second-order valence-electron chi connectivity index (χ2n) is 7.59. The highest BCUT2D eigenvalue weighted by Crippen LogP contribution is 2.23. The molecule has 0 unspecified atom stereocenters. The van der Waals surface area contributed by atoms with E-state index in [4.69, 9.17) is 0 Å². The quantitative estimate of drug-likeness (QED) is 0.824. The number of carbonyl (C=O) groups excluding carboxylic acids is 2. The summed E-state index contributed by atoms with van der Waals surface area (Å²) in [6.07, 6.45) is 7.11. The van der Waals surface area contributed by atoms with Gasteiger partial charge in [-0.1, -0.05) is 24.3 Å². The smallest absolute Gasteiger partial charge is 0.242 e. The summed E-state index contributed by atoms with van der Waals surface area (Å²) in [4.78, 5) is 28.3. The van der Waals surface area contributed by atoms with Crippen LogP contribution in [0.5, 0.6) is 0 Å². The van der Waals surface area contributed by atoms with E-state index in [1.807, 2.05) is 4.90 Å². The number of benzene rings is 1. The average molecular weight is 342 g/mol. The van der Waals surface area contributed by atoms with Gasteiger partial charge < -0.3 is 9.80 Å². The number of amides is 2. The van der Waals surface area contributed by atoms with Gasteiger partial charge in [-0.15, -0.1) is 0 Å². The predicted molar refractivity (Wildman–Crippen MR) is 99.2 cm³/mol. The number of carbonyl (C=O) groups is 2. The van der Waals surface area contributed by atoms with Crippen LogP contribution in [0.1, 0.15) is 49.7 Å². The monoisotopic (exact) mass is 342 g/mol. The summed E-state index contributed by atoms with van der Waals surface area (Å²) < 4.78 is 0. The van der Waals surface area contributed by atoms with E-state index in [0.717, 1.165) is 51.7 Å². The van der Waals surface area contributed by atoms with Crippen LogP contribution < -0.4 is 0 Å². The summed E-state index contributed by atoms with van der Waals surface area (Å²) >= 11 is 0. The fourth-order valence-corrected chi connectivity index (χ4v) is 4.07. The molecule has 1 aromatic rings. The Kier molecular flexibility index (Phi) is 6.11. The van der Waals surface area contributed by atoms with Gasteiger partial charge in [0.1, 0.15) is 0 Å². The molecule has 136 valence electrons. The van der Waals surface area contributed by atoms with Gasteiger partial charge in [0.05, 0.1) is 6.54 Å². The molecule has 2 aliphatic rings. The zero-order valence-corrected chi connectivity index (χ0v) is 15.4. The number of nitrogens with zero attached hydrogens (tertiary/aromatic N) is 2. The van der Waals surface area contributed by atoms with E-state index in [-0.39, 0.29) is 18.4 Å². The molecule has 2 heterocycles. The number of piperidine rings is 2. The minimum absolute atomic E-state index is 0.135. The van der Waals surface area contributed by atoms with Crippen molar-refractivity contribution in [2.75, 3.05) is 26.2 Å². The molecule has 0 radical (unpaired) electrons. The molecule has 0 aromatic heterocycles. The maximum Gasteiger partial charge on any atom is 0.242 e. The first-order valence-electron chi connectivity index (χ1n) is 9.73. The number of rotatable bonds is 5. The van der Waals surface area contributed by atoms with Crippen molar-refractivity contribution in [1.29, 1.82) is 0 Å². The second-order valence-corrected chi connectivity index (χ2v) is 7.59. The molecule has 0 bridgehead atoms. The van der Waals surface area contributed by atoms with Crippen molar-refractivity contribution in [1.82, 2.24) is 9.80 Å². The molecule has 0 N–H and O–H groups in total. The standard InChI is InChI=1S/C21H30N2O2/c1-17-7-2-3-9-19(17)12-11-18-8-6-14-22(15-18)21(25)16-23-13-5-4-10-20(23)24/h2-3,7,9,18H,4-6,8,10-16H2,1H3/t18-/m0/s1. The molecule has 4 heteroatoms. The van der Waals surface area contributed by atoms with Gasteiger partial charge in [-0.25, -0.2) is 0 Å². The lowest BCUT2D eigenvalue weighted by Crippen LogP contribution is -2.47. The summed E-state index contributed by atoms with van der Waals surface area (Å²) in [6, 6.07) is 8.57. The lowest BCUT2D eigenvalue weighted by Gasteiger charge is -2.35. The first-order chi connectivity index (χ1) is 12.1. The molecule has 3 rings (SSSR count). The Balaban J connectivity index is 1.49. The Morgan fingerprint density at radius 3 is 2.80 bits per heavy atom. The van der Waals surface area contributed by atoms with E-state index in [9.17, 15) is 9.59 Å². The minimum Gasteiger partial charge on any atom is -0.341 e. The van der Waals surface area contributed by atoms with Crippen LogP contribution in [-0.4, -0.2) is 47.8 Å². The van der Waals surface area contributed by atoms with Crippen LogP contribution in [0.3, 0.4) is 0 Å². The second kappa shape index (κ2) is 8.50. The third-order valence-corrected chi connectivity index (χ3v) is 5.70. The Hall–Kier alpha value is -1.84. The normalized spacial score (nSPS) is 21.5. The number of hydrogen-bond donors (Lipinski definition) is 0. The third kappa shape index (κ3) is 4.83. The fourth-order valence-electron chi connectivity index (χ4n) is 4.07. The number of hydrogen-bond acceptors (Lipinski definition) is 2. The molecule has 2 fully saturated rings. The molecule has 0 saturated carbocycles. The molecule has 1 atom stereocenters. The highest BCUT2D eigenvalue weighted by molar-refractivity contribution is 5.85. The zero-order valence-electron chi connectivity index (χ0n) is 15.4. The average Bonchev–Trinajstić information content (AvgIpc) is 2.63. The molecule has 1 aromatic carbocycles. The van der Waals surface area contributed by atoms with Gasteiger partial charge in [-0.2, -0.15) is 0 Å². The van der Waals surface area contributed by atoms with Crippen LogP contribution in [0.15, 0.2) is 24.3 Å². The van der Waals surface area contributed by atoms with E-state index in [2.05, 4.69) is 31.2 Å². The van der Waals surface area contributed by atoms with Crippen molar-refractivity contribution in [2.24, 2.45) is 5.92 Å². The van der Waals surface area contributed by atoms with E-state index in [1.165, 1.54) is 17.5 Å². The van der Waals surface area contributed by atoms with Gasteiger partial charge in [0.2, 0.25) is 11.8 Å². The highest BCUT2D eigenvalue weighted by Gasteiger charge is 2.27. The van der Waals surface area contributed by atoms with Crippen LogP contribution >= 0.6 is 0 Å². The summed E-state index contributed by atoms with van der Waals surface area (Å²) in [7, 11) is 0. The Bertz CT molecular complexity index is 614. The summed E-state index contributed by atoms with van der Waals surface area (Å²) in [5, 5.41) is 0. The van der Waals surface area contributed by atoms with Crippen molar-refractivity contribution in [3.05, 3.63) is 35.4 Å². The zero-order chi connectivity index (χ0) is 17.6. The molecular weight excluding hydrogens is 312 g/mol. The Morgan fingerprint density at radius 2 is 2.00 bits per heavy atom. The van der Waals surface area contributed by atoms with Crippen LogP contribution in [0.4, 0.5) is 0 Å². The molecule has 4 nitrogen and oxygen atoms in total. The molecule has 2 saturated heterocycles. The summed E-state index contributed by atoms with van der Waals surface area (Å²) in [6.45, 7) is 4.90. The van der Waals surface area contributed by atoms with E-state index in [0.29, 0.717) is 12.3 Å². The van der Waals surface area contributed by atoms with Crippen LogP contribution in [0, 0.1) is 12.8 Å². The molecular formula is C21H30N2O2. The van der Waals surface area contributed by atoms with Crippen molar-refractivity contribution in [3.63, 3.8) is 0 Å². The Morgan fingerprint density at radius 1 is 1.16 bits per heavy atom. The van der Waals surface area contributed by atoms with Crippen molar-refractivity contribution >= 4 is 11.8 Å². The van der Waals surface area contributed by atoms with Gasteiger partial charge in [0.15, 0.2) is 0 Å². The number of likely N-dealkylation sites (tertiary alicyclic amines) is 2. The van der Waals surface area contributed by atoms with Gasteiger partial charge in [0.25, 0.3) is 0 Å². The van der Waals surface area contributed by atoms with Gasteiger partial charge in [0, 0.05) is 26.1 Å². The SMILES string of the molecule is Cc1ccccc1CC[C@@H]1CCCN(C(=O)CN2CCCCC2=O)C1. The van der Waals surface area contributed by atoms with E-state index in [1.54, 1.807) is 4.90 Å².